The lowest BCUT2D eigenvalue weighted by atomic mass is 9.93. The second kappa shape index (κ2) is 5.67. The van der Waals surface area contributed by atoms with Gasteiger partial charge in [0.05, 0.1) is 13.2 Å². The number of oxazole rings is 1. The van der Waals surface area contributed by atoms with E-state index in [1.54, 1.807) is 20.1 Å². The summed E-state index contributed by atoms with van der Waals surface area (Å²) in [5.74, 6) is 1.43. The molecule has 122 valence electrons. The van der Waals surface area contributed by atoms with Gasteiger partial charge >= 0.3 is 0 Å². The fourth-order valence-electron chi connectivity index (χ4n) is 3.16. The van der Waals surface area contributed by atoms with Crippen molar-refractivity contribution in [3.63, 3.8) is 0 Å². The lowest BCUT2D eigenvalue weighted by molar-refractivity contribution is 0.0460. The van der Waals surface area contributed by atoms with Crippen LogP contribution in [0.15, 0.2) is 46.9 Å². The zero-order valence-corrected chi connectivity index (χ0v) is 13.7. The van der Waals surface area contributed by atoms with Crippen molar-refractivity contribution in [2.75, 3.05) is 13.7 Å². The molecule has 1 aliphatic rings. The Kier molecular flexibility index (Phi) is 3.49. The number of aromatic nitrogens is 1. The third-order valence-electron chi connectivity index (χ3n) is 4.50. The van der Waals surface area contributed by atoms with Gasteiger partial charge < -0.3 is 14.1 Å². The largest absolute Gasteiger partial charge is 0.497 e. The molecule has 1 fully saturated rings. The third-order valence-corrected chi connectivity index (χ3v) is 4.50. The average Bonchev–Trinajstić information content (AvgIpc) is 2.93. The van der Waals surface area contributed by atoms with Gasteiger partial charge in [0.2, 0.25) is 0 Å². The molecule has 0 radical (unpaired) electrons. The van der Waals surface area contributed by atoms with Crippen molar-refractivity contribution < 1.29 is 13.9 Å². The summed E-state index contributed by atoms with van der Waals surface area (Å²) >= 11 is 0. The Bertz CT molecular complexity index is 916. The van der Waals surface area contributed by atoms with Crippen molar-refractivity contribution in [2.45, 2.75) is 19.4 Å². The summed E-state index contributed by atoms with van der Waals surface area (Å²) in [4.78, 5) is 19.0. The summed E-state index contributed by atoms with van der Waals surface area (Å²) in [6, 6.07) is 13.4. The van der Waals surface area contributed by atoms with E-state index in [1.165, 1.54) is 0 Å². The van der Waals surface area contributed by atoms with Gasteiger partial charge in [-0.25, -0.2) is 4.98 Å². The molecular weight excluding hydrogens is 304 g/mol. The molecule has 1 atom stereocenters. The van der Waals surface area contributed by atoms with E-state index in [4.69, 9.17) is 9.15 Å². The molecule has 0 unspecified atom stereocenters. The highest BCUT2D eigenvalue weighted by atomic mass is 16.5. The number of fused-ring (bicyclic) bond motifs is 1. The van der Waals surface area contributed by atoms with Crippen LogP contribution in [0, 0.1) is 6.92 Å². The predicted octanol–water partition coefficient (Wildman–Crippen LogP) is 3.73. The Balaban J connectivity index is 1.60. The van der Waals surface area contributed by atoms with Crippen LogP contribution in [0.25, 0.3) is 11.1 Å². The Morgan fingerprint density at radius 3 is 2.92 bits per heavy atom. The number of aryl methyl sites for hydroxylation is 1. The Labute approximate surface area is 139 Å². The van der Waals surface area contributed by atoms with Gasteiger partial charge in [-0.05, 0) is 42.3 Å². The van der Waals surface area contributed by atoms with Crippen molar-refractivity contribution in [3.8, 4) is 5.75 Å². The SMILES string of the molecule is COc1cccc([C@H]2CCN2C(=O)c2ccc3nc(C)oc3c2)c1. The maximum absolute atomic E-state index is 12.8. The number of carbonyl (C=O) groups is 1. The normalized spacial score (nSPS) is 16.9. The number of benzene rings is 2. The van der Waals surface area contributed by atoms with Crippen LogP contribution in [-0.4, -0.2) is 29.4 Å². The van der Waals surface area contributed by atoms with Crippen LogP contribution in [0.2, 0.25) is 0 Å². The molecular formula is C19H18N2O3. The van der Waals surface area contributed by atoms with Crippen molar-refractivity contribution >= 4 is 17.0 Å². The van der Waals surface area contributed by atoms with Crippen LogP contribution < -0.4 is 4.74 Å². The molecule has 1 aliphatic heterocycles. The van der Waals surface area contributed by atoms with Gasteiger partial charge in [-0.15, -0.1) is 0 Å². The minimum atomic E-state index is 0.0185. The molecule has 0 bridgehead atoms. The zero-order valence-electron chi connectivity index (χ0n) is 13.7. The summed E-state index contributed by atoms with van der Waals surface area (Å²) in [6.45, 7) is 2.56. The van der Waals surface area contributed by atoms with E-state index in [1.807, 2.05) is 41.3 Å². The molecule has 5 heteroatoms. The maximum atomic E-state index is 12.8. The molecule has 0 aliphatic carbocycles. The lowest BCUT2D eigenvalue weighted by Gasteiger charge is -2.41. The quantitative estimate of drug-likeness (QED) is 0.737. The zero-order chi connectivity index (χ0) is 16.7. The molecule has 3 aromatic rings. The maximum Gasteiger partial charge on any atom is 0.254 e. The second-order valence-corrected chi connectivity index (χ2v) is 6.00. The van der Waals surface area contributed by atoms with E-state index < -0.39 is 0 Å². The van der Waals surface area contributed by atoms with Crippen LogP contribution in [0.4, 0.5) is 0 Å². The summed E-state index contributed by atoms with van der Waals surface area (Å²) in [5, 5.41) is 0. The number of likely N-dealkylation sites (tertiary alicyclic amines) is 1. The van der Waals surface area contributed by atoms with Crippen molar-refractivity contribution in [2.24, 2.45) is 0 Å². The van der Waals surface area contributed by atoms with Crippen LogP contribution in [0.3, 0.4) is 0 Å². The predicted molar refractivity (Wildman–Crippen MR) is 90.1 cm³/mol. The Morgan fingerprint density at radius 2 is 2.17 bits per heavy atom. The average molecular weight is 322 g/mol. The summed E-state index contributed by atoms with van der Waals surface area (Å²) < 4.78 is 10.8. The number of amides is 1. The molecule has 0 N–H and O–H groups in total. The minimum absolute atomic E-state index is 0.0185. The molecule has 0 spiro atoms. The number of methoxy groups -OCH3 is 1. The van der Waals surface area contributed by atoms with E-state index in [-0.39, 0.29) is 11.9 Å². The molecule has 2 aromatic carbocycles. The van der Waals surface area contributed by atoms with E-state index in [9.17, 15) is 4.79 Å². The highest BCUT2D eigenvalue weighted by molar-refractivity contribution is 5.97. The molecule has 1 saturated heterocycles. The topological polar surface area (TPSA) is 55.6 Å². The second-order valence-electron chi connectivity index (χ2n) is 6.00. The molecule has 0 saturated carbocycles. The summed E-state index contributed by atoms with van der Waals surface area (Å²) in [6.07, 6.45) is 0.961. The molecule has 2 heterocycles. The first-order chi connectivity index (χ1) is 11.7. The highest BCUT2D eigenvalue weighted by Gasteiger charge is 2.34. The van der Waals surface area contributed by atoms with Gasteiger partial charge in [0, 0.05) is 19.0 Å². The van der Waals surface area contributed by atoms with Crippen molar-refractivity contribution in [1.29, 1.82) is 0 Å². The number of ether oxygens (including phenoxy) is 1. The molecule has 24 heavy (non-hydrogen) atoms. The van der Waals surface area contributed by atoms with Crippen molar-refractivity contribution in [3.05, 3.63) is 59.5 Å². The van der Waals surface area contributed by atoms with Gasteiger partial charge in [0.25, 0.3) is 5.91 Å². The highest BCUT2D eigenvalue weighted by Crippen LogP contribution is 2.36. The van der Waals surface area contributed by atoms with E-state index in [0.717, 1.165) is 29.8 Å². The number of rotatable bonds is 3. The van der Waals surface area contributed by atoms with Crippen LogP contribution in [0.1, 0.15) is 34.3 Å². The smallest absolute Gasteiger partial charge is 0.254 e. The number of hydrogen-bond acceptors (Lipinski definition) is 4. The Morgan fingerprint density at radius 1 is 1.29 bits per heavy atom. The summed E-state index contributed by atoms with van der Waals surface area (Å²) in [7, 11) is 1.65. The van der Waals surface area contributed by atoms with Gasteiger partial charge in [-0.1, -0.05) is 12.1 Å². The van der Waals surface area contributed by atoms with Crippen LogP contribution >= 0.6 is 0 Å². The first-order valence-corrected chi connectivity index (χ1v) is 7.98. The van der Waals surface area contributed by atoms with E-state index in [0.29, 0.717) is 17.0 Å². The monoisotopic (exact) mass is 322 g/mol. The fourth-order valence-corrected chi connectivity index (χ4v) is 3.16. The summed E-state index contributed by atoms with van der Waals surface area (Å²) in [5.41, 5.74) is 3.16. The van der Waals surface area contributed by atoms with Gasteiger partial charge in [-0.3, -0.25) is 4.79 Å². The number of hydrogen-bond donors (Lipinski definition) is 0. The van der Waals surface area contributed by atoms with Crippen LogP contribution in [-0.2, 0) is 0 Å². The van der Waals surface area contributed by atoms with Gasteiger partial charge in [0.1, 0.15) is 11.3 Å². The molecule has 5 nitrogen and oxygen atoms in total. The van der Waals surface area contributed by atoms with Gasteiger partial charge in [-0.2, -0.15) is 0 Å². The fraction of sp³-hybridized carbons (Fsp3) is 0.263. The third kappa shape index (κ3) is 2.42. The Hall–Kier alpha value is -2.82. The number of carbonyl (C=O) groups excluding carboxylic acids is 1. The number of nitrogens with zero attached hydrogens (tertiary/aromatic N) is 2. The molecule has 1 amide bonds. The van der Waals surface area contributed by atoms with E-state index in [2.05, 4.69) is 4.98 Å². The molecule has 4 rings (SSSR count). The van der Waals surface area contributed by atoms with E-state index >= 15 is 0 Å². The first-order valence-electron chi connectivity index (χ1n) is 7.98. The minimum Gasteiger partial charge on any atom is -0.497 e. The van der Waals surface area contributed by atoms with Gasteiger partial charge in [0.15, 0.2) is 11.5 Å². The molecule has 1 aromatic heterocycles. The standard InChI is InChI=1S/C19H18N2O3/c1-12-20-16-7-6-14(11-18(16)24-12)19(22)21-9-8-17(21)13-4-3-5-15(10-13)23-2/h3-7,10-11,17H,8-9H2,1-2H3/t17-/m1/s1. The van der Waals surface area contributed by atoms with Crippen molar-refractivity contribution in [1.82, 2.24) is 9.88 Å². The lowest BCUT2D eigenvalue weighted by Crippen LogP contribution is -2.45. The van der Waals surface area contributed by atoms with Crippen LogP contribution in [0.5, 0.6) is 5.75 Å². The first kappa shape index (κ1) is 14.8.